The van der Waals surface area contributed by atoms with E-state index in [0.717, 1.165) is 17.7 Å². The van der Waals surface area contributed by atoms with E-state index in [0.29, 0.717) is 12.8 Å². The lowest BCUT2D eigenvalue weighted by molar-refractivity contribution is -0.0702. The molecule has 2 N–H and O–H groups in total. The SMILES string of the molecule is OC(c1ccns1)C1(O)CCCC1. The van der Waals surface area contributed by atoms with Gasteiger partial charge < -0.3 is 10.2 Å². The van der Waals surface area contributed by atoms with Crippen LogP contribution in [0.5, 0.6) is 0 Å². The first kappa shape index (κ1) is 9.12. The molecule has 1 unspecified atom stereocenters. The van der Waals surface area contributed by atoms with Crippen LogP contribution < -0.4 is 0 Å². The third-order valence-electron chi connectivity index (χ3n) is 2.71. The van der Waals surface area contributed by atoms with E-state index in [4.69, 9.17) is 0 Å². The van der Waals surface area contributed by atoms with Crippen molar-refractivity contribution >= 4 is 11.5 Å². The van der Waals surface area contributed by atoms with E-state index >= 15 is 0 Å². The molecule has 0 aromatic carbocycles. The van der Waals surface area contributed by atoms with Crippen molar-refractivity contribution in [2.24, 2.45) is 0 Å². The lowest BCUT2D eigenvalue weighted by atomic mass is 9.94. The molecule has 0 radical (unpaired) electrons. The van der Waals surface area contributed by atoms with Gasteiger partial charge in [-0.15, -0.1) is 0 Å². The number of rotatable bonds is 2. The first-order chi connectivity index (χ1) is 6.22. The van der Waals surface area contributed by atoms with Gasteiger partial charge in [-0.2, -0.15) is 0 Å². The molecule has 13 heavy (non-hydrogen) atoms. The highest BCUT2D eigenvalue weighted by Gasteiger charge is 2.39. The van der Waals surface area contributed by atoms with Crippen LogP contribution in [0.3, 0.4) is 0 Å². The van der Waals surface area contributed by atoms with Crippen molar-refractivity contribution in [3.8, 4) is 0 Å². The minimum absolute atomic E-state index is 0.700. The molecular weight excluding hydrogens is 186 g/mol. The lowest BCUT2D eigenvalue weighted by Gasteiger charge is -2.27. The molecule has 0 spiro atoms. The Morgan fingerprint density at radius 1 is 1.46 bits per heavy atom. The third-order valence-corrected chi connectivity index (χ3v) is 3.50. The fourth-order valence-electron chi connectivity index (χ4n) is 1.89. The van der Waals surface area contributed by atoms with Gasteiger partial charge in [0.1, 0.15) is 6.10 Å². The number of hydrogen-bond acceptors (Lipinski definition) is 4. The molecular formula is C9H13NO2S. The summed E-state index contributed by atoms with van der Waals surface area (Å²) in [4.78, 5) is 0.768. The van der Waals surface area contributed by atoms with E-state index in [1.807, 2.05) is 0 Å². The molecule has 4 heteroatoms. The highest BCUT2D eigenvalue weighted by Crippen LogP contribution is 2.40. The van der Waals surface area contributed by atoms with Gasteiger partial charge in [-0.05, 0) is 30.4 Å². The predicted molar refractivity (Wildman–Crippen MR) is 50.5 cm³/mol. The largest absolute Gasteiger partial charge is 0.387 e. The van der Waals surface area contributed by atoms with Crippen molar-refractivity contribution in [3.05, 3.63) is 17.1 Å². The summed E-state index contributed by atoms with van der Waals surface area (Å²) in [5.74, 6) is 0. The quantitative estimate of drug-likeness (QED) is 0.758. The summed E-state index contributed by atoms with van der Waals surface area (Å²) in [6.45, 7) is 0. The fourth-order valence-corrected chi connectivity index (χ4v) is 2.58. The average Bonchev–Trinajstić information content (AvgIpc) is 2.73. The Bertz CT molecular complexity index is 267. The maximum atomic E-state index is 10.1. The van der Waals surface area contributed by atoms with Gasteiger partial charge in [0.2, 0.25) is 0 Å². The van der Waals surface area contributed by atoms with Crippen molar-refractivity contribution in [1.29, 1.82) is 0 Å². The summed E-state index contributed by atoms with van der Waals surface area (Å²) in [5, 5.41) is 19.9. The Kier molecular flexibility index (Phi) is 2.36. The predicted octanol–water partition coefficient (Wildman–Crippen LogP) is 1.48. The van der Waals surface area contributed by atoms with Crippen molar-refractivity contribution in [1.82, 2.24) is 4.37 Å². The molecule has 1 aromatic heterocycles. The summed E-state index contributed by atoms with van der Waals surface area (Å²) in [6, 6.07) is 1.77. The van der Waals surface area contributed by atoms with E-state index in [2.05, 4.69) is 4.37 Å². The molecule has 1 fully saturated rings. The molecule has 0 saturated heterocycles. The number of aliphatic hydroxyl groups is 2. The van der Waals surface area contributed by atoms with E-state index in [1.54, 1.807) is 12.3 Å². The Labute approximate surface area is 81.2 Å². The number of aromatic nitrogens is 1. The summed E-state index contributed by atoms with van der Waals surface area (Å²) < 4.78 is 3.92. The van der Waals surface area contributed by atoms with Crippen LogP contribution in [0.25, 0.3) is 0 Å². The molecule has 3 nitrogen and oxygen atoms in total. The van der Waals surface area contributed by atoms with Crippen LogP contribution in [0.2, 0.25) is 0 Å². The van der Waals surface area contributed by atoms with Crippen molar-refractivity contribution in [2.75, 3.05) is 0 Å². The molecule has 1 heterocycles. The lowest BCUT2D eigenvalue weighted by Crippen LogP contribution is -2.32. The highest BCUT2D eigenvalue weighted by molar-refractivity contribution is 7.05. The molecule has 2 rings (SSSR count). The van der Waals surface area contributed by atoms with Gasteiger partial charge in [0.05, 0.1) is 10.5 Å². The molecule has 1 saturated carbocycles. The molecule has 1 aliphatic rings. The molecule has 72 valence electrons. The van der Waals surface area contributed by atoms with Gasteiger partial charge in [0.25, 0.3) is 0 Å². The molecule has 1 aliphatic carbocycles. The van der Waals surface area contributed by atoms with Crippen molar-refractivity contribution in [2.45, 2.75) is 37.4 Å². The summed E-state index contributed by atoms with van der Waals surface area (Å²) >= 11 is 1.26. The maximum absolute atomic E-state index is 10.1. The van der Waals surface area contributed by atoms with Crippen LogP contribution in [-0.2, 0) is 0 Å². The van der Waals surface area contributed by atoms with Gasteiger partial charge in [-0.1, -0.05) is 12.8 Å². The van der Waals surface area contributed by atoms with Crippen LogP contribution in [-0.4, -0.2) is 20.2 Å². The Morgan fingerprint density at radius 2 is 2.15 bits per heavy atom. The summed E-state index contributed by atoms with van der Waals surface area (Å²) in [7, 11) is 0. The number of hydrogen-bond donors (Lipinski definition) is 2. The smallest absolute Gasteiger partial charge is 0.118 e. The normalized spacial score (nSPS) is 23.2. The first-order valence-corrected chi connectivity index (χ1v) is 5.31. The van der Waals surface area contributed by atoms with Crippen LogP contribution >= 0.6 is 11.5 Å². The highest BCUT2D eigenvalue weighted by atomic mass is 32.1. The zero-order valence-electron chi connectivity index (χ0n) is 7.31. The maximum Gasteiger partial charge on any atom is 0.118 e. The summed E-state index contributed by atoms with van der Waals surface area (Å²) in [5.41, 5.74) is -0.896. The van der Waals surface area contributed by atoms with Crippen LogP contribution in [0.4, 0.5) is 0 Å². The fraction of sp³-hybridized carbons (Fsp3) is 0.667. The third kappa shape index (κ3) is 1.61. The Hall–Kier alpha value is -0.450. The molecule has 0 aliphatic heterocycles. The molecule has 1 atom stereocenters. The zero-order valence-corrected chi connectivity index (χ0v) is 8.13. The second-order valence-corrected chi connectivity index (χ2v) is 4.49. The van der Waals surface area contributed by atoms with E-state index in [9.17, 15) is 10.2 Å². The van der Waals surface area contributed by atoms with E-state index < -0.39 is 11.7 Å². The molecule has 0 amide bonds. The van der Waals surface area contributed by atoms with Gasteiger partial charge in [-0.3, -0.25) is 0 Å². The Morgan fingerprint density at radius 3 is 2.69 bits per heavy atom. The minimum Gasteiger partial charge on any atom is -0.387 e. The zero-order chi connectivity index (χ0) is 9.31. The second-order valence-electron chi connectivity index (χ2n) is 3.63. The van der Waals surface area contributed by atoms with Crippen LogP contribution in [0.1, 0.15) is 36.7 Å². The van der Waals surface area contributed by atoms with E-state index in [-0.39, 0.29) is 0 Å². The standard InChI is InChI=1S/C9H13NO2S/c11-8(7-3-6-10-13-7)9(12)4-1-2-5-9/h3,6,8,11-12H,1-2,4-5H2. The molecule has 0 bridgehead atoms. The van der Waals surface area contributed by atoms with Crippen LogP contribution in [0.15, 0.2) is 12.3 Å². The second kappa shape index (κ2) is 3.36. The van der Waals surface area contributed by atoms with E-state index in [1.165, 1.54) is 11.5 Å². The number of aliphatic hydroxyl groups excluding tert-OH is 1. The summed E-state index contributed by atoms with van der Waals surface area (Å²) in [6.07, 6.45) is 4.32. The monoisotopic (exact) mass is 199 g/mol. The van der Waals surface area contributed by atoms with Crippen molar-refractivity contribution in [3.63, 3.8) is 0 Å². The topological polar surface area (TPSA) is 53.4 Å². The minimum atomic E-state index is -0.896. The van der Waals surface area contributed by atoms with Gasteiger partial charge in [-0.25, -0.2) is 4.37 Å². The van der Waals surface area contributed by atoms with Crippen LogP contribution in [0, 0.1) is 0 Å². The molecule has 1 aromatic rings. The van der Waals surface area contributed by atoms with Gasteiger partial charge in [0, 0.05) is 6.20 Å². The number of nitrogens with zero attached hydrogens (tertiary/aromatic N) is 1. The first-order valence-electron chi connectivity index (χ1n) is 4.53. The average molecular weight is 199 g/mol. The van der Waals surface area contributed by atoms with Crippen molar-refractivity contribution < 1.29 is 10.2 Å². The van der Waals surface area contributed by atoms with Gasteiger partial charge >= 0.3 is 0 Å². The van der Waals surface area contributed by atoms with Gasteiger partial charge in [0.15, 0.2) is 0 Å². The Balaban J connectivity index is 2.16.